The lowest BCUT2D eigenvalue weighted by atomic mass is 10.00. The van der Waals surface area contributed by atoms with Gasteiger partial charge in [0.05, 0.1) is 19.3 Å². The van der Waals surface area contributed by atoms with Crippen molar-refractivity contribution in [2.24, 2.45) is 0 Å². The lowest BCUT2D eigenvalue weighted by Crippen LogP contribution is -2.37. The average Bonchev–Trinajstić information content (AvgIpc) is 2.69. The molecule has 0 radical (unpaired) electrons. The third kappa shape index (κ3) is 5.09. The van der Waals surface area contributed by atoms with Gasteiger partial charge < -0.3 is 20.1 Å². The number of methoxy groups -OCH3 is 2. The van der Waals surface area contributed by atoms with E-state index in [9.17, 15) is 9.59 Å². The maximum atomic E-state index is 12.5. The highest BCUT2D eigenvalue weighted by Crippen LogP contribution is 2.28. The Morgan fingerprint density at radius 3 is 2.57 bits per heavy atom. The number of hydrogen-bond donors (Lipinski definition) is 2. The van der Waals surface area contributed by atoms with Gasteiger partial charge in [0.1, 0.15) is 12.4 Å². The SMILES string of the molecule is COCC(=O)Nc1ccc(NC(=O)CN2CCc3ccccc3C2)cc1OC. The van der Waals surface area contributed by atoms with Crippen molar-refractivity contribution in [3.8, 4) is 5.75 Å². The molecule has 0 aromatic heterocycles. The Labute approximate surface area is 164 Å². The zero-order valence-corrected chi connectivity index (χ0v) is 16.2. The molecule has 1 aliphatic rings. The summed E-state index contributed by atoms with van der Waals surface area (Å²) in [7, 11) is 2.97. The summed E-state index contributed by atoms with van der Waals surface area (Å²) in [5.74, 6) is 0.106. The molecule has 1 aliphatic heterocycles. The van der Waals surface area contributed by atoms with Gasteiger partial charge in [-0.2, -0.15) is 0 Å². The predicted octanol–water partition coefficient (Wildman–Crippen LogP) is 2.28. The van der Waals surface area contributed by atoms with E-state index in [1.165, 1.54) is 25.3 Å². The first-order chi connectivity index (χ1) is 13.6. The van der Waals surface area contributed by atoms with Crippen molar-refractivity contribution < 1.29 is 19.1 Å². The number of nitrogens with one attached hydrogen (secondary N) is 2. The smallest absolute Gasteiger partial charge is 0.250 e. The monoisotopic (exact) mass is 383 g/mol. The van der Waals surface area contributed by atoms with E-state index in [0.717, 1.165) is 19.5 Å². The van der Waals surface area contributed by atoms with Gasteiger partial charge in [-0.15, -0.1) is 0 Å². The summed E-state index contributed by atoms with van der Waals surface area (Å²) in [5.41, 5.74) is 3.77. The van der Waals surface area contributed by atoms with Crippen LogP contribution in [0.2, 0.25) is 0 Å². The minimum absolute atomic E-state index is 0.0411. The molecule has 148 valence electrons. The van der Waals surface area contributed by atoms with Crippen molar-refractivity contribution in [3.63, 3.8) is 0 Å². The summed E-state index contributed by atoms with van der Waals surface area (Å²) in [4.78, 5) is 26.3. The summed E-state index contributed by atoms with van der Waals surface area (Å²) in [6.07, 6.45) is 0.952. The molecule has 2 N–H and O–H groups in total. The number of fused-ring (bicyclic) bond motifs is 1. The normalized spacial score (nSPS) is 13.5. The van der Waals surface area contributed by atoms with Crippen LogP contribution in [0.1, 0.15) is 11.1 Å². The first-order valence-corrected chi connectivity index (χ1v) is 9.15. The summed E-state index contributed by atoms with van der Waals surface area (Å²) >= 11 is 0. The van der Waals surface area contributed by atoms with Gasteiger partial charge >= 0.3 is 0 Å². The van der Waals surface area contributed by atoms with Gasteiger partial charge in [-0.25, -0.2) is 0 Å². The fourth-order valence-electron chi connectivity index (χ4n) is 3.28. The van der Waals surface area contributed by atoms with Crippen molar-refractivity contribution in [2.45, 2.75) is 13.0 Å². The highest BCUT2D eigenvalue weighted by molar-refractivity contribution is 5.95. The predicted molar refractivity (Wildman–Crippen MR) is 108 cm³/mol. The third-order valence-electron chi connectivity index (χ3n) is 4.61. The summed E-state index contributed by atoms with van der Waals surface area (Å²) in [6, 6.07) is 13.4. The van der Waals surface area contributed by atoms with E-state index in [1.807, 2.05) is 6.07 Å². The number of carbonyl (C=O) groups is 2. The Morgan fingerprint density at radius 2 is 1.82 bits per heavy atom. The number of carbonyl (C=O) groups excluding carboxylic acids is 2. The molecule has 28 heavy (non-hydrogen) atoms. The zero-order chi connectivity index (χ0) is 19.9. The molecule has 0 bridgehead atoms. The van der Waals surface area contributed by atoms with Crippen LogP contribution >= 0.6 is 0 Å². The van der Waals surface area contributed by atoms with Crippen molar-refractivity contribution >= 4 is 23.2 Å². The standard InChI is InChI=1S/C21H25N3O4/c1-27-14-21(26)23-18-8-7-17(11-19(18)28-2)22-20(25)13-24-10-9-15-5-3-4-6-16(15)12-24/h3-8,11H,9-10,12-14H2,1-2H3,(H,22,25)(H,23,26). The first-order valence-electron chi connectivity index (χ1n) is 9.15. The lowest BCUT2D eigenvalue weighted by Gasteiger charge is -2.28. The van der Waals surface area contributed by atoms with Crippen LogP contribution in [-0.2, 0) is 27.3 Å². The Bertz CT molecular complexity index is 853. The number of hydrogen-bond acceptors (Lipinski definition) is 5. The van der Waals surface area contributed by atoms with Gasteiger partial charge in [0, 0.05) is 32.0 Å². The highest BCUT2D eigenvalue weighted by atomic mass is 16.5. The van der Waals surface area contributed by atoms with E-state index >= 15 is 0 Å². The Hall–Kier alpha value is -2.90. The van der Waals surface area contributed by atoms with Gasteiger partial charge in [0.2, 0.25) is 11.8 Å². The number of ether oxygens (including phenoxy) is 2. The van der Waals surface area contributed by atoms with E-state index in [4.69, 9.17) is 9.47 Å². The quantitative estimate of drug-likeness (QED) is 0.767. The van der Waals surface area contributed by atoms with Crippen LogP contribution in [-0.4, -0.2) is 50.6 Å². The third-order valence-corrected chi connectivity index (χ3v) is 4.61. The van der Waals surface area contributed by atoms with Crippen molar-refractivity contribution in [2.75, 3.05) is 44.5 Å². The van der Waals surface area contributed by atoms with Crippen LogP contribution in [0.5, 0.6) is 5.75 Å². The van der Waals surface area contributed by atoms with E-state index in [1.54, 1.807) is 18.2 Å². The molecular formula is C21H25N3O4. The molecule has 2 amide bonds. The van der Waals surface area contributed by atoms with E-state index in [0.29, 0.717) is 23.7 Å². The topological polar surface area (TPSA) is 79.9 Å². The van der Waals surface area contributed by atoms with E-state index in [2.05, 4.69) is 33.7 Å². The molecule has 0 fully saturated rings. The van der Waals surface area contributed by atoms with Crippen LogP contribution in [0.3, 0.4) is 0 Å². The fraction of sp³-hybridized carbons (Fsp3) is 0.333. The molecule has 3 rings (SSSR count). The molecule has 0 unspecified atom stereocenters. The summed E-state index contributed by atoms with van der Waals surface area (Å²) < 4.78 is 10.1. The average molecular weight is 383 g/mol. The van der Waals surface area contributed by atoms with Crippen LogP contribution in [0.25, 0.3) is 0 Å². The van der Waals surface area contributed by atoms with Gasteiger partial charge in [-0.1, -0.05) is 24.3 Å². The van der Waals surface area contributed by atoms with Crippen LogP contribution in [0, 0.1) is 0 Å². The molecule has 1 heterocycles. The van der Waals surface area contributed by atoms with Gasteiger partial charge in [0.15, 0.2) is 0 Å². The van der Waals surface area contributed by atoms with Crippen LogP contribution in [0.4, 0.5) is 11.4 Å². The van der Waals surface area contributed by atoms with Crippen molar-refractivity contribution in [3.05, 3.63) is 53.6 Å². The maximum Gasteiger partial charge on any atom is 0.250 e. The molecule has 0 saturated carbocycles. The molecule has 0 spiro atoms. The fourth-order valence-corrected chi connectivity index (χ4v) is 3.28. The summed E-state index contributed by atoms with van der Waals surface area (Å²) in [6.45, 7) is 1.92. The van der Waals surface area contributed by atoms with Crippen molar-refractivity contribution in [1.82, 2.24) is 4.90 Å². The van der Waals surface area contributed by atoms with Gasteiger partial charge in [-0.05, 0) is 29.7 Å². The number of benzene rings is 2. The molecule has 7 heteroatoms. The molecular weight excluding hydrogens is 358 g/mol. The molecule has 0 atom stereocenters. The molecule has 0 saturated heterocycles. The minimum Gasteiger partial charge on any atom is -0.494 e. The molecule has 2 aromatic rings. The Balaban J connectivity index is 1.59. The van der Waals surface area contributed by atoms with E-state index in [-0.39, 0.29) is 18.4 Å². The second-order valence-corrected chi connectivity index (χ2v) is 6.67. The van der Waals surface area contributed by atoms with Crippen molar-refractivity contribution in [1.29, 1.82) is 0 Å². The molecule has 7 nitrogen and oxygen atoms in total. The summed E-state index contributed by atoms with van der Waals surface area (Å²) in [5, 5.41) is 5.60. The highest BCUT2D eigenvalue weighted by Gasteiger charge is 2.18. The van der Waals surface area contributed by atoms with E-state index < -0.39 is 0 Å². The van der Waals surface area contributed by atoms with Gasteiger partial charge in [0.25, 0.3) is 0 Å². The largest absolute Gasteiger partial charge is 0.494 e. The van der Waals surface area contributed by atoms with Crippen LogP contribution < -0.4 is 15.4 Å². The number of rotatable bonds is 7. The zero-order valence-electron chi connectivity index (χ0n) is 16.2. The number of anilines is 2. The Kier molecular flexibility index (Phi) is 6.62. The Morgan fingerprint density at radius 1 is 1.04 bits per heavy atom. The molecule has 0 aliphatic carbocycles. The number of nitrogens with zero attached hydrogens (tertiary/aromatic N) is 1. The number of amides is 2. The minimum atomic E-state index is -0.275. The second kappa shape index (κ2) is 9.34. The van der Waals surface area contributed by atoms with Gasteiger partial charge in [-0.3, -0.25) is 14.5 Å². The maximum absolute atomic E-state index is 12.5. The first kappa shape index (κ1) is 19.9. The molecule has 2 aromatic carbocycles. The lowest BCUT2D eigenvalue weighted by molar-refractivity contribution is -0.119. The second-order valence-electron chi connectivity index (χ2n) is 6.67. The van der Waals surface area contributed by atoms with Crippen LogP contribution in [0.15, 0.2) is 42.5 Å².